The zero-order valence-electron chi connectivity index (χ0n) is 12.4. The van der Waals surface area contributed by atoms with Gasteiger partial charge in [0.2, 0.25) is 0 Å². The van der Waals surface area contributed by atoms with Gasteiger partial charge in [0.25, 0.3) is 0 Å². The van der Waals surface area contributed by atoms with Crippen molar-refractivity contribution < 1.29 is 14.3 Å². The Kier molecular flexibility index (Phi) is 2.84. The molecule has 0 aliphatic heterocycles. The number of aromatic carboxylic acids is 1. The van der Waals surface area contributed by atoms with Crippen LogP contribution in [0.25, 0.3) is 16.9 Å². The van der Waals surface area contributed by atoms with Crippen LogP contribution < -0.4 is 0 Å². The molecule has 2 aromatic carbocycles. The molecule has 0 saturated heterocycles. The first-order valence-electron chi connectivity index (χ1n) is 7.25. The maximum absolute atomic E-state index is 13.7. The zero-order valence-corrected chi connectivity index (χ0v) is 12.4. The van der Waals surface area contributed by atoms with Crippen molar-refractivity contribution in [2.75, 3.05) is 0 Å². The third-order valence-corrected chi connectivity index (χ3v) is 4.24. The quantitative estimate of drug-likeness (QED) is 0.615. The van der Waals surface area contributed by atoms with Gasteiger partial charge in [0, 0.05) is 23.7 Å². The number of nitrogens with zero attached hydrogens (tertiary/aromatic N) is 2. The fourth-order valence-electron chi connectivity index (χ4n) is 3.01. The lowest BCUT2D eigenvalue weighted by atomic mass is 10.0. The molecular weight excluding hydrogens is 295 g/mol. The number of carboxylic acids is 1. The van der Waals surface area contributed by atoms with Crippen molar-refractivity contribution in [3.05, 3.63) is 70.7 Å². The summed E-state index contributed by atoms with van der Waals surface area (Å²) in [6, 6.07) is 10.2. The standard InChI is InChI=1S/C18H13FN2O2/c1-10-5-6-12(8-16(10)19)21-9-11-7-15-13(17(11)20-21)3-2-4-14(15)18(22)23/h2-6,8-9H,7H2,1H3,(H,22,23). The van der Waals surface area contributed by atoms with Crippen LogP contribution in [0.1, 0.15) is 27.0 Å². The lowest BCUT2D eigenvalue weighted by molar-refractivity contribution is 0.0696. The number of fused-ring (bicyclic) bond motifs is 3. The van der Waals surface area contributed by atoms with E-state index < -0.39 is 5.97 Å². The molecule has 0 spiro atoms. The Balaban J connectivity index is 1.82. The SMILES string of the molecule is Cc1ccc(-n2cc3c(n2)-c2cccc(C(=O)O)c2C3)cc1F. The Bertz CT molecular complexity index is 960. The third kappa shape index (κ3) is 2.04. The van der Waals surface area contributed by atoms with Crippen molar-refractivity contribution in [1.82, 2.24) is 9.78 Å². The minimum Gasteiger partial charge on any atom is -0.478 e. The molecule has 0 radical (unpaired) electrons. The Morgan fingerprint density at radius 2 is 2.13 bits per heavy atom. The number of rotatable bonds is 2. The van der Waals surface area contributed by atoms with E-state index in [0.717, 1.165) is 22.4 Å². The number of carbonyl (C=O) groups is 1. The largest absolute Gasteiger partial charge is 0.478 e. The second-order valence-corrected chi connectivity index (χ2v) is 5.69. The van der Waals surface area contributed by atoms with E-state index in [4.69, 9.17) is 0 Å². The smallest absolute Gasteiger partial charge is 0.335 e. The molecule has 1 aliphatic rings. The van der Waals surface area contributed by atoms with Gasteiger partial charge < -0.3 is 5.11 Å². The third-order valence-electron chi connectivity index (χ3n) is 4.24. The first-order valence-corrected chi connectivity index (χ1v) is 7.25. The zero-order chi connectivity index (χ0) is 16.1. The van der Waals surface area contributed by atoms with E-state index in [1.807, 2.05) is 18.3 Å². The summed E-state index contributed by atoms with van der Waals surface area (Å²) in [6.45, 7) is 1.71. The molecule has 0 saturated carbocycles. The van der Waals surface area contributed by atoms with Gasteiger partial charge in [-0.25, -0.2) is 13.9 Å². The van der Waals surface area contributed by atoms with Crippen molar-refractivity contribution in [2.24, 2.45) is 0 Å². The predicted molar refractivity (Wildman–Crippen MR) is 83.5 cm³/mol. The maximum Gasteiger partial charge on any atom is 0.335 e. The van der Waals surface area contributed by atoms with E-state index >= 15 is 0 Å². The number of benzene rings is 2. The first-order chi connectivity index (χ1) is 11.0. The normalized spacial score (nSPS) is 12.1. The lowest BCUT2D eigenvalue weighted by Crippen LogP contribution is -2.02. The molecule has 0 amide bonds. The molecule has 1 heterocycles. The van der Waals surface area contributed by atoms with E-state index in [2.05, 4.69) is 5.10 Å². The highest BCUT2D eigenvalue weighted by Crippen LogP contribution is 2.37. The van der Waals surface area contributed by atoms with Crippen LogP contribution in [0.2, 0.25) is 0 Å². The minimum absolute atomic E-state index is 0.272. The van der Waals surface area contributed by atoms with Crippen molar-refractivity contribution in [3.63, 3.8) is 0 Å². The number of hydrogen-bond acceptors (Lipinski definition) is 2. The highest BCUT2D eigenvalue weighted by atomic mass is 19.1. The summed E-state index contributed by atoms with van der Waals surface area (Å²) in [5.74, 6) is -1.20. The van der Waals surface area contributed by atoms with Gasteiger partial charge in [0.15, 0.2) is 0 Å². The second kappa shape index (κ2) is 4.78. The second-order valence-electron chi connectivity index (χ2n) is 5.69. The molecule has 1 aromatic heterocycles. The van der Waals surface area contributed by atoms with Crippen LogP contribution in [0, 0.1) is 12.7 Å². The fraction of sp³-hybridized carbons (Fsp3) is 0.111. The van der Waals surface area contributed by atoms with Crippen LogP contribution in [0.5, 0.6) is 0 Å². The lowest BCUT2D eigenvalue weighted by Gasteiger charge is -2.06. The molecule has 4 nitrogen and oxygen atoms in total. The molecular formula is C18H13FN2O2. The summed E-state index contributed by atoms with van der Waals surface area (Å²) in [7, 11) is 0. The van der Waals surface area contributed by atoms with E-state index in [1.165, 1.54) is 6.07 Å². The van der Waals surface area contributed by atoms with Crippen LogP contribution in [-0.4, -0.2) is 20.9 Å². The molecule has 3 aromatic rings. The van der Waals surface area contributed by atoms with Crippen LogP contribution in [-0.2, 0) is 6.42 Å². The number of halogens is 1. The van der Waals surface area contributed by atoms with Gasteiger partial charge in [-0.1, -0.05) is 18.2 Å². The van der Waals surface area contributed by atoms with Gasteiger partial charge >= 0.3 is 5.97 Å². The highest BCUT2D eigenvalue weighted by Gasteiger charge is 2.26. The van der Waals surface area contributed by atoms with Crippen LogP contribution >= 0.6 is 0 Å². The van der Waals surface area contributed by atoms with Gasteiger partial charge in [-0.05, 0) is 36.2 Å². The average Bonchev–Trinajstić information content (AvgIpc) is 3.07. The van der Waals surface area contributed by atoms with Gasteiger partial charge in [-0.2, -0.15) is 5.10 Å². The number of aryl methyl sites for hydroxylation is 1. The average molecular weight is 308 g/mol. The van der Waals surface area contributed by atoms with Crippen LogP contribution in [0.15, 0.2) is 42.6 Å². The van der Waals surface area contributed by atoms with Crippen molar-refractivity contribution in [3.8, 4) is 16.9 Å². The van der Waals surface area contributed by atoms with E-state index in [9.17, 15) is 14.3 Å². The Morgan fingerprint density at radius 1 is 1.30 bits per heavy atom. The molecule has 4 rings (SSSR count). The van der Waals surface area contributed by atoms with E-state index in [-0.39, 0.29) is 5.82 Å². The number of carboxylic acid groups (broad SMARTS) is 1. The maximum atomic E-state index is 13.7. The summed E-state index contributed by atoms with van der Waals surface area (Å²) in [5, 5.41) is 13.8. The summed E-state index contributed by atoms with van der Waals surface area (Å²) >= 11 is 0. The Hall–Kier alpha value is -2.95. The van der Waals surface area contributed by atoms with Crippen LogP contribution in [0.3, 0.4) is 0 Å². The van der Waals surface area contributed by atoms with E-state index in [0.29, 0.717) is 23.2 Å². The first kappa shape index (κ1) is 13.7. The van der Waals surface area contributed by atoms with Gasteiger partial charge in [-0.15, -0.1) is 0 Å². The monoisotopic (exact) mass is 308 g/mol. The predicted octanol–water partition coefficient (Wildman–Crippen LogP) is 3.59. The van der Waals surface area contributed by atoms with Crippen LogP contribution in [0.4, 0.5) is 4.39 Å². The molecule has 0 atom stereocenters. The molecule has 1 N–H and O–H groups in total. The Labute approximate surface area is 131 Å². The molecule has 0 bridgehead atoms. The molecule has 1 aliphatic carbocycles. The van der Waals surface area contributed by atoms with Crippen molar-refractivity contribution >= 4 is 5.97 Å². The summed E-state index contributed by atoms with van der Waals surface area (Å²) in [6.07, 6.45) is 2.37. The molecule has 0 fully saturated rings. The molecule has 23 heavy (non-hydrogen) atoms. The van der Waals surface area contributed by atoms with E-state index in [1.54, 1.807) is 29.8 Å². The summed E-state index contributed by atoms with van der Waals surface area (Å²) in [4.78, 5) is 11.3. The van der Waals surface area contributed by atoms with Gasteiger partial charge in [-0.3, -0.25) is 0 Å². The van der Waals surface area contributed by atoms with Crippen molar-refractivity contribution in [1.29, 1.82) is 0 Å². The topological polar surface area (TPSA) is 55.1 Å². The molecule has 5 heteroatoms. The molecule has 0 unspecified atom stereocenters. The molecule has 114 valence electrons. The van der Waals surface area contributed by atoms with Gasteiger partial charge in [0.05, 0.1) is 16.9 Å². The number of aromatic nitrogens is 2. The van der Waals surface area contributed by atoms with Crippen molar-refractivity contribution in [2.45, 2.75) is 13.3 Å². The summed E-state index contributed by atoms with van der Waals surface area (Å²) < 4.78 is 15.4. The number of hydrogen-bond donors (Lipinski definition) is 1. The Morgan fingerprint density at radius 3 is 2.87 bits per heavy atom. The summed E-state index contributed by atoms with van der Waals surface area (Å²) in [5.41, 5.74) is 4.90. The van der Waals surface area contributed by atoms with Gasteiger partial charge in [0.1, 0.15) is 5.82 Å². The minimum atomic E-state index is -0.930. The fourth-order valence-corrected chi connectivity index (χ4v) is 3.01. The highest BCUT2D eigenvalue weighted by molar-refractivity contribution is 5.93.